The Kier molecular flexibility index (Phi) is 13.9. The van der Waals surface area contributed by atoms with E-state index in [4.69, 9.17) is 0 Å². The van der Waals surface area contributed by atoms with Gasteiger partial charge >= 0.3 is 0 Å². The second-order valence-corrected chi connectivity index (χ2v) is 35.6. The first kappa shape index (κ1) is 60.5. The second-order valence-electron chi connectivity index (χ2n) is 33.4. The van der Waals surface area contributed by atoms with Gasteiger partial charge in [0.1, 0.15) is 0 Å². The average molecular weight is 1440 g/mol. The van der Waals surface area contributed by atoms with Crippen LogP contribution in [0.4, 0.5) is 34.1 Å². The van der Waals surface area contributed by atoms with E-state index in [0.717, 1.165) is 152 Å². The minimum atomic E-state index is -0.835. The summed E-state index contributed by atoms with van der Waals surface area (Å²) in [4.78, 5) is 5.07. The molecular formula is C102H84N4S2. The first-order valence-electron chi connectivity index (χ1n) is 40.5. The SMILES string of the molecule is [2H]c1c(C#N)c([2H])c2c3c([2H])c(C(C)(C)C)c([2H])c([2H])c3n(-c3cc4c5c(c3)N(c3c(-c6ccccc6)cc6sc7ccccc7c6c3-c3ccccc3)c3cc(C(C)(C)C)ccc3C5c3cc(-c5cc(C(C)(C)C)cc(C(C)(C)C)c5)ccc3N4c3c(-c4ccccc4)cc4sc5ccccc5c4c3-c3ccccc3)c2c1[2H]. The fourth-order valence-electron chi connectivity index (χ4n) is 16.9. The Morgan fingerprint density at radius 3 is 1.31 bits per heavy atom. The summed E-state index contributed by atoms with van der Waals surface area (Å²) in [6.45, 7) is 26.5. The van der Waals surface area contributed by atoms with Gasteiger partial charge in [0.2, 0.25) is 0 Å². The van der Waals surface area contributed by atoms with Crippen LogP contribution in [0.1, 0.15) is 142 Å². The van der Waals surface area contributed by atoms with Gasteiger partial charge in [-0.25, -0.2) is 0 Å². The van der Waals surface area contributed by atoms with Gasteiger partial charge in [-0.05, 0) is 173 Å². The highest BCUT2D eigenvalue weighted by molar-refractivity contribution is 7.26. The number of hydrogen-bond donors (Lipinski definition) is 0. The number of rotatable bonds is 8. The molecule has 524 valence electrons. The average Bonchev–Trinajstić information content (AvgIpc) is 1.09. The highest BCUT2D eigenvalue weighted by Gasteiger charge is 2.45. The van der Waals surface area contributed by atoms with E-state index in [9.17, 15) is 13.5 Å². The van der Waals surface area contributed by atoms with Gasteiger partial charge in [0, 0.05) is 84.9 Å². The fourth-order valence-corrected chi connectivity index (χ4v) is 19.2. The number of aromatic nitrogens is 1. The first-order chi connectivity index (χ1) is 54.6. The number of benzene rings is 14. The van der Waals surface area contributed by atoms with Gasteiger partial charge in [0.15, 0.2) is 0 Å². The lowest BCUT2D eigenvalue weighted by atomic mass is 9.73. The van der Waals surface area contributed by atoms with E-state index in [1.807, 2.05) is 25.3 Å². The Bertz CT molecular complexity index is 6950. The monoisotopic (exact) mass is 1430 g/mol. The Morgan fingerprint density at radius 1 is 0.352 bits per heavy atom. The Morgan fingerprint density at radius 2 is 0.815 bits per heavy atom. The minimum absolute atomic E-state index is 0.0667. The smallest absolute Gasteiger partial charge is 0.0991 e. The quantitative estimate of drug-likeness (QED) is 0.152. The summed E-state index contributed by atoms with van der Waals surface area (Å²) >= 11 is 3.58. The predicted octanol–water partition coefficient (Wildman–Crippen LogP) is 29.7. The molecule has 19 rings (SSSR count). The lowest BCUT2D eigenvalue weighted by molar-refractivity contribution is 0.569. The lowest BCUT2D eigenvalue weighted by Gasteiger charge is -2.47. The molecule has 14 aromatic carbocycles. The molecular weight excluding hydrogens is 1350 g/mol. The van der Waals surface area contributed by atoms with E-state index in [0.29, 0.717) is 11.3 Å². The molecule has 6 heteroatoms. The number of thiophene rings is 2. The molecule has 3 aromatic heterocycles. The van der Waals surface area contributed by atoms with Gasteiger partial charge in [-0.15, -0.1) is 22.7 Å². The van der Waals surface area contributed by atoms with Crippen molar-refractivity contribution < 1.29 is 8.22 Å². The van der Waals surface area contributed by atoms with Crippen LogP contribution in [-0.2, 0) is 21.7 Å². The van der Waals surface area contributed by atoms with Crippen LogP contribution in [0.5, 0.6) is 0 Å². The van der Waals surface area contributed by atoms with E-state index in [1.54, 1.807) is 22.7 Å². The maximum absolute atomic E-state index is 11.1. The van der Waals surface area contributed by atoms with Crippen LogP contribution in [0.3, 0.4) is 0 Å². The molecule has 17 aromatic rings. The van der Waals surface area contributed by atoms with Gasteiger partial charge in [0.25, 0.3) is 0 Å². The molecule has 0 spiro atoms. The van der Waals surface area contributed by atoms with Crippen molar-refractivity contribution in [1.29, 1.82) is 5.26 Å². The third-order valence-electron chi connectivity index (χ3n) is 22.3. The molecule has 1 unspecified atom stereocenters. The van der Waals surface area contributed by atoms with E-state index in [1.165, 1.54) is 11.1 Å². The maximum Gasteiger partial charge on any atom is 0.0991 e. The predicted molar refractivity (Wildman–Crippen MR) is 464 cm³/mol. The van der Waals surface area contributed by atoms with Crippen molar-refractivity contribution in [3.63, 3.8) is 0 Å². The summed E-state index contributed by atoms with van der Waals surface area (Å²) in [5.74, 6) is -0.510. The van der Waals surface area contributed by atoms with Gasteiger partial charge in [-0.1, -0.05) is 283 Å². The zero-order valence-electron chi connectivity index (χ0n) is 68.9. The zero-order valence-corrected chi connectivity index (χ0v) is 64.5. The molecule has 0 aliphatic carbocycles. The maximum atomic E-state index is 11.1. The summed E-state index contributed by atoms with van der Waals surface area (Å²) in [7, 11) is 0. The van der Waals surface area contributed by atoms with Gasteiger partial charge < -0.3 is 14.4 Å². The summed E-state index contributed by atoms with van der Waals surface area (Å²) in [6.07, 6.45) is 0. The Balaban J connectivity index is 1.09. The largest absolute Gasteiger partial charge is 0.309 e. The zero-order chi connectivity index (χ0) is 79.2. The summed E-state index contributed by atoms with van der Waals surface area (Å²) < 4.78 is 68.3. The van der Waals surface area contributed by atoms with E-state index < -0.39 is 17.4 Å². The van der Waals surface area contributed by atoms with Gasteiger partial charge in [-0.2, -0.15) is 5.26 Å². The molecule has 0 amide bonds. The second kappa shape index (κ2) is 24.7. The molecule has 0 bridgehead atoms. The molecule has 0 fully saturated rings. The third-order valence-corrected chi connectivity index (χ3v) is 24.6. The summed E-state index contributed by atoms with van der Waals surface area (Å²) in [6, 6.07) is 92.1. The molecule has 0 radical (unpaired) electrons. The molecule has 4 nitrogen and oxygen atoms in total. The van der Waals surface area contributed by atoms with E-state index in [2.05, 4.69) is 327 Å². The van der Waals surface area contributed by atoms with Crippen LogP contribution < -0.4 is 9.80 Å². The number of nitrogens with zero attached hydrogens (tertiary/aromatic N) is 4. The highest BCUT2D eigenvalue weighted by atomic mass is 32.1. The number of fused-ring (bicyclic) bond motifs is 13. The van der Waals surface area contributed by atoms with Crippen LogP contribution in [0.25, 0.3) is 123 Å². The molecule has 5 heterocycles. The van der Waals surface area contributed by atoms with Gasteiger partial charge in [-0.3, -0.25) is 0 Å². The van der Waals surface area contributed by atoms with Crippen molar-refractivity contribution in [2.45, 2.75) is 111 Å². The normalized spacial score (nSPS) is 14.6. The van der Waals surface area contributed by atoms with Crippen molar-refractivity contribution in [3.8, 4) is 67.4 Å². The van der Waals surface area contributed by atoms with Gasteiger partial charge in [0.05, 0.1) is 70.7 Å². The molecule has 0 N–H and O–H groups in total. The van der Waals surface area contributed by atoms with Crippen molar-refractivity contribution in [3.05, 3.63) is 329 Å². The lowest BCUT2D eigenvalue weighted by Crippen LogP contribution is -2.31. The highest BCUT2D eigenvalue weighted by Crippen LogP contribution is 2.66. The van der Waals surface area contributed by atoms with E-state index in [-0.39, 0.29) is 73.8 Å². The Hall–Kier alpha value is -11.6. The van der Waals surface area contributed by atoms with Crippen molar-refractivity contribution in [2.24, 2.45) is 0 Å². The Labute approximate surface area is 650 Å². The van der Waals surface area contributed by atoms with Crippen LogP contribution in [0.15, 0.2) is 285 Å². The molecule has 2 aliphatic heterocycles. The van der Waals surface area contributed by atoms with Crippen molar-refractivity contribution in [2.75, 3.05) is 9.80 Å². The van der Waals surface area contributed by atoms with E-state index >= 15 is 0 Å². The first-order valence-corrected chi connectivity index (χ1v) is 39.1. The minimum Gasteiger partial charge on any atom is -0.309 e. The molecule has 2 aliphatic rings. The van der Waals surface area contributed by atoms with Crippen LogP contribution >= 0.6 is 22.7 Å². The number of nitriles is 1. The van der Waals surface area contributed by atoms with Crippen LogP contribution in [0, 0.1) is 11.3 Å². The van der Waals surface area contributed by atoms with Crippen molar-refractivity contribution in [1.82, 2.24) is 4.57 Å². The topological polar surface area (TPSA) is 35.2 Å². The van der Waals surface area contributed by atoms with Crippen molar-refractivity contribution >= 4 is 119 Å². The number of hydrogen-bond acceptors (Lipinski definition) is 5. The molecule has 108 heavy (non-hydrogen) atoms. The fraction of sp³-hybridized carbons (Fsp3) is 0.167. The van der Waals surface area contributed by atoms with Crippen LogP contribution in [-0.4, -0.2) is 4.57 Å². The number of anilines is 6. The summed E-state index contributed by atoms with van der Waals surface area (Å²) in [5, 5.41) is 15.8. The third kappa shape index (κ3) is 10.8. The summed E-state index contributed by atoms with van der Waals surface area (Å²) in [5.41, 5.74) is 21.4. The molecule has 1 atom stereocenters. The van der Waals surface area contributed by atoms with Crippen LogP contribution in [0.2, 0.25) is 0 Å². The standard InChI is InChI=1S/C102H84N4S2/c1-99(2,3)68-44-48-82-79(54-68)78-49-61(60-103)41-46-81(78)104(82)72-56-85-96-86(57-72)106(98-77(63-31-19-14-20-32-63)59-90-95(75-38-26-28-40-88(75)108-90)92(98)65-35-23-16-24-36-65)84-55-69(100(4,5)6)43-45-73(84)93(96)80-52-66(67-50-70(101(7,8)9)53-71(51-67)102(10,11)12)42-47-83(80)105(85)97-76(62-29-17-13-18-30-62)58-89-94(74-37-25-27-39-87(74)107-89)91(97)64-33-21-15-22-34-64/h13-59,93H,1-12H3/i41D,44D,46D,48D,49D,54D. The molecule has 0 saturated carbocycles. The molecule has 0 saturated heterocycles.